The standard InChI is InChI=1S/C28H27Cl3N6O2/c1-14(2)33-28-35-24-13-36(26(38)18-5-7-20(29)21(30)11-18)15(3)9-19(24)27(39)37(28)25-8-6-17(10-22(25)31)23-12-32-16(4)34-23/h5-8,10-12,14-15H,9,13H2,1-4H3,(H,32,34)(H,33,35)/t15-/m1/s1. The SMILES string of the molecule is Cc1ncc(-c2ccc(-n3c(NC(C)C)nc4c(c3=O)C[C@@H](C)N(C(=O)c3ccc(Cl)c(Cl)c3)C4)c(Cl)c2)[nH]1. The number of aromatic nitrogens is 4. The summed E-state index contributed by atoms with van der Waals surface area (Å²) in [7, 11) is 0. The van der Waals surface area contributed by atoms with Crippen LogP contribution in [-0.4, -0.2) is 42.4 Å². The topological polar surface area (TPSA) is 95.9 Å². The Kier molecular flexibility index (Phi) is 7.46. The van der Waals surface area contributed by atoms with E-state index in [0.717, 1.165) is 17.1 Å². The van der Waals surface area contributed by atoms with Crippen LogP contribution in [-0.2, 0) is 13.0 Å². The minimum absolute atomic E-state index is 0.0105. The number of hydrogen-bond acceptors (Lipinski definition) is 5. The van der Waals surface area contributed by atoms with E-state index in [1.54, 1.807) is 41.4 Å². The predicted molar refractivity (Wildman–Crippen MR) is 155 cm³/mol. The summed E-state index contributed by atoms with van der Waals surface area (Å²) in [4.78, 5) is 41.4. The summed E-state index contributed by atoms with van der Waals surface area (Å²) >= 11 is 18.9. The largest absolute Gasteiger partial charge is 0.353 e. The van der Waals surface area contributed by atoms with Crippen molar-refractivity contribution in [2.24, 2.45) is 0 Å². The van der Waals surface area contributed by atoms with Gasteiger partial charge in [-0.15, -0.1) is 0 Å². The summed E-state index contributed by atoms with van der Waals surface area (Å²) in [6.07, 6.45) is 2.09. The van der Waals surface area contributed by atoms with Gasteiger partial charge in [-0.1, -0.05) is 40.9 Å². The third-order valence-electron chi connectivity index (χ3n) is 6.66. The maximum atomic E-state index is 14.0. The first kappa shape index (κ1) is 27.2. The number of fused-ring (bicyclic) bond motifs is 1. The second-order valence-electron chi connectivity index (χ2n) is 9.96. The number of aryl methyl sites for hydroxylation is 1. The van der Waals surface area contributed by atoms with E-state index in [2.05, 4.69) is 15.3 Å². The average molecular weight is 586 g/mol. The highest BCUT2D eigenvalue weighted by Crippen LogP contribution is 2.31. The normalized spacial score (nSPS) is 15.0. The summed E-state index contributed by atoms with van der Waals surface area (Å²) in [6, 6.07) is 10.0. The molecule has 39 heavy (non-hydrogen) atoms. The zero-order valence-electron chi connectivity index (χ0n) is 21.8. The molecule has 4 aromatic rings. The van der Waals surface area contributed by atoms with E-state index in [1.807, 2.05) is 33.8 Å². The van der Waals surface area contributed by atoms with Gasteiger partial charge in [-0.05, 0) is 64.4 Å². The fourth-order valence-corrected chi connectivity index (χ4v) is 5.29. The van der Waals surface area contributed by atoms with Crippen LogP contribution in [0.5, 0.6) is 0 Å². The number of amides is 1. The number of anilines is 1. The molecule has 0 fully saturated rings. The summed E-state index contributed by atoms with van der Waals surface area (Å²) in [5.41, 5.74) is 3.51. The van der Waals surface area contributed by atoms with E-state index in [9.17, 15) is 9.59 Å². The number of imidazole rings is 1. The van der Waals surface area contributed by atoms with Gasteiger partial charge in [0.15, 0.2) is 0 Å². The lowest BCUT2D eigenvalue weighted by molar-refractivity contribution is 0.0653. The zero-order valence-corrected chi connectivity index (χ0v) is 24.1. The molecule has 3 heterocycles. The van der Waals surface area contributed by atoms with Crippen molar-refractivity contribution in [3.63, 3.8) is 0 Å². The maximum Gasteiger partial charge on any atom is 0.263 e. The van der Waals surface area contributed by atoms with E-state index in [4.69, 9.17) is 39.8 Å². The number of carbonyl (C=O) groups excluding carboxylic acids is 1. The van der Waals surface area contributed by atoms with Gasteiger partial charge in [-0.3, -0.25) is 9.59 Å². The summed E-state index contributed by atoms with van der Waals surface area (Å²) in [5.74, 6) is 0.950. The van der Waals surface area contributed by atoms with Gasteiger partial charge in [-0.25, -0.2) is 14.5 Å². The van der Waals surface area contributed by atoms with Crippen LogP contribution in [0.1, 0.15) is 48.2 Å². The van der Waals surface area contributed by atoms with Crippen LogP contribution in [0.3, 0.4) is 0 Å². The first-order chi connectivity index (χ1) is 18.5. The second-order valence-corrected chi connectivity index (χ2v) is 11.2. The van der Waals surface area contributed by atoms with Gasteiger partial charge in [0.2, 0.25) is 5.95 Å². The molecular formula is C28H27Cl3N6O2. The average Bonchev–Trinajstić information content (AvgIpc) is 3.32. The van der Waals surface area contributed by atoms with Crippen molar-refractivity contribution in [3.05, 3.63) is 90.7 Å². The number of halogens is 3. The molecule has 8 nitrogen and oxygen atoms in total. The number of aromatic amines is 1. The Labute approximate surface area is 241 Å². The van der Waals surface area contributed by atoms with Gasteiger partial charge in [0.05, 0.1) is 44.9 Å². The molecule has 0 radical (unpaired) electrons. The predicted octanol–water partition coefficient (Wildman–Crippen LogP) is 6.30. The van der Waals surface area contributed by atoms with Gasteiger partial charge in [0.25, 0.3) is 11.5 Å². The Bertz CT molecular complexity index is 1640. The summed E-state index contributed by atoms with van der Waals surface area (Å²) in [5, 5.41) is 4.37. The van der Waals surface area contributed by atoms with Gasteiger partial charge in [0, 0.05) is 28.8 Å². The first-order valence-corrected chi connectivity index (χ1v) is 13.7. The van der Waals surface area contributed by atoms with E-state index in [-0.39, 0.29) is 30.1 Å². The van der Waals surface area contributed by atoms with Crippen molar-refractivity contribution in [2.75, 3.05) is 5.32 Å². The highest BCUT2D eigenvalue weighted by molar-refractivity contribution is 6.42. The second kappa shape index (κ2) is 10.7. The lowest BCUT2D eigenvalue weighted by atomic mass is 9.98. The quantitative estimate of drug-likeness (QED) is 0.287. The number of nitrogens with zero attached hydrogens (tertiary/aromatic N) is 4. The van der Waals surface area contributed by atoms with Crippen molar-refractivity contribution >= 4 is 46.7 Å². The smallest absolute Gasteiger partial charge is 0.263 e. The third kappa shape index (κ3) is 5.29. The summed E-state index contributed by atoms with van der Waals surface area (Å²) < 4.78 is 1.52. The van der Waals surface area contributed by atoms with Crippen molar-refractivity contribution in [3.8, 4) is 16.9 Å². The lowest BCUT2D eigenvalue weighted by Crippen LogP contribution is -2.46. The molecular weight excluding hydrogens is 559 g/mol. The van der Waals surface area contributed by atoms with Gasteiger partial charge in [0.1, 0.15) is 5.82 Å². The molecule has 0 spiro atoms. The highest BCUT2D eigenvalue weighted by Gasteiger charge is 2.32. The highest BCUT2D eigenvalue weighted by atomic mass is 35.5. The molecule has 1 aliphatic heterocycles. The van der Waals surface area contributed by atoms with Crippen LogP contribution in [0, 0.1) is 6.92 Å². The Morgan fingerprint density at radius 1 is 1.10 bits per heavy atom. The molecule has 0 aliphatic carbocycles. The maximum absolute atomic E-state index is 14.0. The number of benzene rings is 2. The number of nitrogens with one attached hydrogen (secondary N) is 2. The van der Waals surface area contributed by atoms with Gasteiger partial charge < -0.3 is 15.2 Å². The van der Waals surface area contributed by atoms with Crippen molar-refractivity contribution in [1.29, 1.82) is 0 Å². The fraction of sp³-hybridized carbons (Fsp3) is 0.286. The van der Waals surface area contributed by atoms with Crippen molar-refractivity contribution in [2.45, 2.75) is 52.7 Å². The van der Waals surface area contributed by atoms with E-state index in [1.165, 1.54) is 4.57 Å². The molecule has 2 aromatic carbocycles. The fourth-order valence-electron chi connectivity index (χ4n) is 4.73. The molecule has 1 aliphatic rings. The molecule has 5 rings (SSSR count). The van der Waals surface area contributed by atoms with Crippen LogP contribution in [0.25, 0.3) is 16.9 Å². The van der Waals surface area contributed by atoms with Crippen molar-refractivity contribution < 1.29 is 4.79 Å². The molecule has 11 heteroatoms. The molecule has 1 amide bonds. The van der Waals surface area contributed by atoms with Crippen LogP contribution in [0.4, 0.5) is 5.95 Å². The minimum Gasteiger partial charge on any atom is -0.353 e. The molecule has 0 unspecified atom stereocenters. The molecule has 2 aromatic heterocycles. The van der Waals surface area contributed by atoms with Crippen molar-refractivity contribution in [1.82, 2.24) is 24.4 Å². The number of hydrogen-bond donors (Lipinski definition) is 2. The number of rotatable bonds is 5. The van der Waals surface area contributed by atoms with Gasteiger partial charge in [-0.2, -0.15) is 0 Å². The van der Waals surface area contributed by atoms with E-state index >= 15 is 0 Å². The molecule has 0 bridgehead atoms. The monoisotopic (exact) mass is 584 g/mol. The third-order valence-corrected chi connectivity index (χ3v) is 7.70. The minimum atomic E-state index is -0.243. The van der Waals surface area contributed by atoms with Crippen LogP contribution < -0.4 is 10.9 Å². The first-order valence-electron chi connectivity index (χ1n) is 12.5. The number of carbonyl (C=O) groups is 1. The molecule has 1 atom stereocenters. The Morgan fingerprint density at radius 3 is 2.51 bits per heavy atom. The van der Waals surface area contributed by atoms with Gasteiger partial charge >= 0.3 is 0 Å². The molecule has 2 N–H and O–H groups in total. The zero-order chi connectivity index (χ0) is 28.0. The Morgan fingerprint density at radius 2 is 1.87 bits per heavy atom. The van der Waals surface area contributed by atoms with Crippen LogP contribution >= 0.6 is 34.8 Å². The number of H-pyrrole nitrogens is 1. The molecule has 202 valence electrons. The van der Waals surface area contributed by atoms with E-state index in [0.29, 0.717) is 49.9 Å². The Hall–Kier alpha value is -3.33. The molecule has 0 saturated carbocycles. The Balaban J connectivity index is 1.56. The van der Waals surface area contributed by atoms with Crippen LogP contribution in [0.15, 0.2) is 47.4 Å². The van der Waals surface area contributed by atoms with E-state index < -0.39 is 0 Å². The van der Waals surface area contributed by atoms with Crippen LogP contribution in [0.2, 0.25) is 15.1 Å². The lowest BCUT2D eigenvalue weighted by Gasteiger charge is -2.35. The summed E-state index contributed by atoms with van der Waals surface area (Å²) in [6.45, 7) is 7.90. The molecule has 0 saturated heterocycles.